The van der Waals surface area contributed by atoms with Gasteiger partial charge in [0.1, 0.15) is 0 Å². The van der Waals surface area contributed by atoms with E-state index in [0.717, 1.165) is 26.1 Å². The van der Waals surface area contributed by atoms with Gasteiger partial charge >= 0.3 is 0 Å². The Labute approximate surface area is 125 Å². The Morgan fingerprint density at radius 3 is 2.20 bits per heavy atom. The van der Waals surface area contributed by atoms with Crippen LogP contribution in [-0.2, 0) is 6.42 Å². The van der Waals surface area contributed by atoms with E-state index in [1.165, 1.54) is 11.1 Å². The van der Waals surface area contributed by atoms with Crippen LogP contribution in [0.1, 0.15) is 45.7 Å². The summed E-state index contributed by atoms with van der Waals surface area (Å²) in [5.41, 5.74) is 3.01. The first-order valence-electron chi connectivity index (χ1n) is 8.00. The van der Waals surface area contributed by atoms with Gasteiger partial charge in [-0.2, -0.15) is 0 Å². The fourth-order valence-electron chi connectivity index (χ4n) is 3.14. The number of nitrogens with one attached hydrogen (secondary N) is 1. The smallest absolute Gasteiger partial charge is 0.0309 e. The van der Waals surface area contributed by atoms with Crippen molar-refractivity contribution >= 4 is 0 Å². The van der Waals surface area contributed by atoms with Gasteiger partial charge in [-0.05, 0) is 58.0 Å². The first-order valence-corrected chi connectivity index (χ1v) is 8.00. The molecule has 1 aromatic rings. The van der Waals surface area contributed by atoms with Gasteiger partial charge in [-0.1, -0.05) is 45.0 Å². The van der Waals surface area contributed by atoms with Crippen molar-refractivity contribution in [1.29, 1.82) is 0 Å². The first kappa shape index (κ1) is 17.2. The molecule has 0 aliphatic heterocycles. The molecule has 0 bridgehead atoms. The van der Waals surface area contributed by atoms with Gasteiger partial charge in [0.05, 0.1) is 0 Å². The van der Waals surface area contributed by atoms with Gasteiger partial charge in [0.2, 0.25) is 0 Å². The van der Waals surface area contributed by atoms with E-state index in [1.54, 1.807) is 0 Å². The van der Waals surface area contributed by atoms with Crippen LogP contribution < -0.4 is 5.32 Å². The van der Waals surface area contributed by atoms with Crippen LogP contribution in [0.15, 0.2) is 24.3 Å². The van der Waals surface area contributed by atoms with E-state index in [-0.39, 0.29) is 5.54 Å². The third-order valence-corrected chi connectivity index (χ3v) is 4.57. The molecule has 2 heteroatoms. The number of hydrogen-bond donors (Lipinski definition) is 1. The highest BCUT2D eigenvalue weighted by Crippen LogP contribution is 2.23. The normalized spacial score (nSPS) is 13.8. The Bertz CT molecular complexity index is 394. The molecule has 0 spiro atoms. The van der Waals surface area contributed by atoms with Gasteiger partial charge in [-0.15, -0.1) is 0 Å². The zero-order valence-electron chi connectivity index (χ0n) is 14.2. The highest BCUT2D eigenvalue weighted by atomic mass is 15.2. The van der Waals surface area contributed by atoms with Crippen molar-refractivity contribution in [3.8, 4) is 0 Å². The third-order valence-electron chi connectivity index (χ3n) is 4.57. The van der Waals surface area contributed by atoms with E-state index >= 15 is 0 Å². The van der Waals surface area contributed by atoms with E-state index in [0.29, 0.717) is 6.04 Å². The topological polar surface area (TPSA) is 15.3 Å². The molecular weight excluding hydrogens is 244 g/mol. The predicted octanol–water partition coefficient (Wildman–Crippen LogP) is 3.64. The molecule has 0 amide bonds. The molecule has 0 aliphatic carbocycles. The molecule has 0 aromatic heterocycles. The van der Waals surface area contributed by atoms with Gasteiger partial charge < -0.3 is 5.32 Å². The van der Waals surface area contributed by atoms with Crippen molar-refractivity contribution in [3.63, 3.8) is 0 Å². The molecule has 2 nitrogen and oxygen atoms in total. The van der Waals surface area contributed by atoms with Crippen LogP contribution in [0.3, 0.4) is 0 Å². The van der Waals surface area contributed by atoms with Gasteiger partial charge in [0, 0.05) is 11.6 Å². The number of likely N-dealkylation sites (N-methyl/N-ethyl adjacent to an activating group) is 2. The molecule has 0 heterocycles. The summed E-state index contributed by atoms with van der Waals surface area (Å²) in [6.07, 6.45) is 1.09. The van der Waals surface area contributed by atoms with Crippen molar-refractivity contribution < 1.29 is 0 Å². The second-order valence-electron chi connectivity index (χ2n) is 6.07. The summed E-state index contributed by atoms with van der Waals surface area (Å²) in [7, 11) is 0. The average molecular weight is 276 g/mol. The van der Waals surface area contributed by atoms with Gasteiger partial charge in [-0.3, -0.25) is 4.90 Å². The minimum Gasteiger partial charge on any atom is -0.312 e. The molecule has 1 unspecified atom stereocenters. The molecule has 1 aromatic carbocycles. The summed E-state index contributed by atoms with van der Waals surface area (Å²) in [5.74, 6) is 0. The Morgan fingerprint density at radius 2 is 1.70 bits per heavy atom. The maximum Gasteiger partial charge on any atom is 0.0309 e. The fraction of sp³-hybridized carbons (Fsp3) is 0.667. The zero-order chi connectivity index (χ0) is 15.2. The van der Waals surface area contributed by atoms with Crippen LogP contribution in [0, 0.1) is 6.92 Å². The molecule has 0 saturated heterocycles. The van der Waals surface area contributed by atoms with Gasteiger partial charge in [-0.25, -0.2) is 0 Å². The van der Waals surface area contributed by atoms with Crippen LogP contribution in [-0.4, -0.2) is 36.1 Å². The van der Waals surface area contributed by atoms with E-state index in [1.807, 2.05) is 0 Å². The lowest BCUT2D eigenvalue weighted by Gasteiger charge is -2.44. The Hall–Kier alpha value is -0.860. The number of rotatable bonds is 8. The number of hydrogen-bond acceptors (Lipinski definition) is 2. The van der Waals surface area contributed by atoms with Crippen LogP contribution >= 0.6 is 0 Å². The van der Waals surface area contributed by atoms with Crippen molar-refractivity contribution in [2.24, 2.45) is 0 Å². The highest BCUT2D eigenvalue weighted by molar-refractivity contribution is 5.27. The van der Waals surface area contributed by atoms with Gasteiger partial charge in [0.15, 0.2) is 0 Å². The average Bonchev–Trinajstić information content (AvgIpc) is 2.41. The van der Waals surface area contributed by atoms with Crippen LogP contribution in [0.2, 0.25) is 0 Å². The van der Waals surface area contributed by atoms with Crippen molar-refractivity contribution in [3.05, 3.63) is 35.4 Å². The maximum absolute atomic E-state index is 3.71. The largest absolute Gasteiger partial charge is 0.312 e. The van der Waals surface area contributed by atoms with E-state index < -0.39 is 0 Å². The molecule has 1 rings (SSSR count). The van der Waals surface area contributed by atoms with E-state index in [4.69, 9.17) is 0 Å². The zero-order valence-corrected chi connectivity index (χ0v) is 14.2. The quantitative estimate of drug-likeness (QED) is 0.780. The lowest BCUT2D eigenvalue weighted by molar-refractivity contribution is 0.0917. The lowest BCUT2D eigenvalue weighted by atomic mass is 9.86. The fourth-order valence-corrected chi connectivity index (χ4v) is 3.14. The highest BCUT2D eigenvalue weighted by Gasteiger charge is 2.33. The van der Waals surface area contributed by atoms with E-state index in [2.05, 4.69) is 76.0 Å². The van der Waals surface area contributed by atoms with E-state index in [9.17, 15) is 0 Å². The molecule has 1 atom stereocenters. The van der Waals surface area contributed by atoms with Crippen molar-refractivity contribution in [1.82, 2.24) is 10.2 Å². The first-order chi connectivity index (χ1) is 9.47. The molecule has 0 saturated carbocycles. The Balaban J connectivity index is 2.96. The number of aryl methyl sites for hydroxylation is 1. The number of benzene rings is 1. The Morgan fingerprint density at radius 1 is 1.10 bits per heavy atom. The third kappa shape index (κ3) is 4.07. The van der Waals surface area contributed by atoms with Crippen LogP contribution in [0.25, 0.3) is 0 Å². The van der Waals surface area contributed by atoms with Crippen molar-refractivity contribution in [2.45, 2.75) is 59.5 Å². The lowest BCUT2D eigenvalue weighted by Crippen LogP contribution is -2.58. The standard InChI is InChI=1S/C18H32N2/c1-7-19-17(18(5,6)20(8-2)9-3)14-16-13-11-10-12-15(16)4/h10-13,17,19H,7-9,14H2,1-6H3. The summed E-state index contributed by atoms with van der Waals surface area (Å²) in [6, 6.07) is 9.21. The summed E-state index contributed by atoms with van der Waals surface area (Å²) in [6.45, 7) is 16.9. The maximum atomic E-state index is 3.71. The molecule has 0 fully saturated rings. The second kappa shape index (κ2) is 7.80. The monoisotopic (exact) mass is 276 g/mol. The molecular formula is C18H32N2. The molecule has 20 heavy (non-hydrogen) atoms. The Kier molecular flexibility index (Phi) is 6.70. The number of nitrogens with zero attached hydrogens (tertiary/aromatic N) is 1. The summed E-state index contributed by atoms with van der Waals surface area (Å²) in [4.78, 5) is 2.55. The van der Waals surface area contributed by atoms with Crippen molar-refractivity contribution in [2.75, 3.05) is 19.6 Å². The van der Waals surface area contributed by atoms with Crippen LogP contribution in [0.4, 0.5) is 0 Å². The minimum atomic E-state index is 0.155. The molecule has 0 aliphatic rings. The summed E-state index contributed by atoms with van der Waals surface area (Å²) in [5, 5.41) is 3.71. The van der Waals surface area contributed by atoms with Gasteiger partial charge in [0.25, 0.3) is 0 Å². The minimum absolute atomic E-state index is 0.155. The van der Waals surface area contributed by atoms with Crippen LogP contribution in [0.5, 0.6) is 0 Å². The summed E-state index contributed by atoms with van der Waals surface area (Å²) >= 11 is 0. The molecule has 0 radical (unpaired) electrons. The second-order valence-corrected chi connectivity index (χ2v) is 6.07. The SMILES string of the molecule is CCNC(Cc1ccccc1C)C(C)(C)N(CC)CC. The summed E-state index contributed by atoms with van der Waals surface area (Å²) < 4.78 is 0. The molecule has 1 N–H and O–H groups in total. The molecule has 114 valence electrons. The predicted molar refractivity (Wildman–Crippen MR) is 89.3 cm³/mol.